The predicted octanol–water partition coefficient (Wildman–Crippen LogP) is 3.54. The van der Waals surface area contributed by atoms with Gasteiger partial charge in [0.05, 0.1) is 5.92 Å². The maximum Gasteiger partial charge on any atom is 0.307 e. The van der Waals surface area contributed by atoms with Gasteiger partial charge in [-0.1, -0.05) is 6.92 Å². The van der Waals surface area contributed by atoms with Crippen molar-refractivity contribution >= 4 is 29.5 Å². The number of benzene rings is 1. The van der Waals surface area contributed by atoms with Gasteiger partial charge in [0.15, 0.2) is 0 Å². The van der Waals surface area contributed by atoms with E-state index in [4.69, 9.17) is 5.11 Å². The van der Waals surface area contributed by atoms with Gasteiger partial charge in [-0.05, 0) is 42.4 Å². The Morgan fingerprint density at radius 2 is 2.41 bits per heavy atom. The molecule has 92 valence electrons. The van der Waals surface area contributed by atoms with Crippen molar-refractivity contribution in [3.05, 3.63) is 23.8 Å². The van der Waals surface area contributed by atoms with Crippen LogP contribution in [-0.4, -0.2) is 22.6 Å². The third-order valence-corrected chi connectivity index (χ3v) is 5.26. The number of carboxylic acid groups (broad SMARTS) is 1. The fourth-order valence-corrected chi connectivity index (χ4v) is 3.71. The largest absolute Gasteiger partial charge is 0.481 e. The summed E-state index contributed by atoms with van der Waals surface area (Å²) in [5.74, 6) is 0.855. The fourth-order valence-electron chi connectivity index (χ4n) is 1.72. The third kappa shape index (κ3) is 3.42. The monoisotopic (exact) mass is 268 g/mol. The van der Waals surface area contributed by atoms with E-state index < -0.39 is 5.97 Å². The molecule has 0 saturated carbocycles. The number of rotatable bonds is 4. The molecule has 0 aliphatic carbocycles. The highest BCUT2D eigenvalue weighted by Crippen LogP contribution is 2.33. The Balaban J connectivity index is 2.00. The highest BCUT2D eigenvalue weighted by molar-refractivity contribution is 7.99. The number of hydrogen-bond acceptors (Lipinski definition) is 3. The first-order chi connectivity index (χ1) is 8.16. The molecule has 0 fully saturated rings. The number of aliphatic carboxylic acids is 1. The summed E-state index contributed by atoms with van der Waals surface area (Å²) >= 11 is 3.56. The lowest BCUT2D eigenvalue weighted by molar-refractivity contribution is -0.140. The zero-order valence-electron chi connectivity index (χ0n) is 9.81. The molecule has 0 aromatic heterocycles. The van der Waals surface area contributed by atoms with Crippen LogP contribution in [0.5, 0.6) is 0 Å². The molecule has 1 atom stereocenters. The average molecular weight is 268 g/mol. The molecule has 1 unspecified atom stereocenters. The van der Waals surface area contributed by atoms with Gasteiger partial charge in [-0.2, -0.15) is 0 Å². The van der Waals surface area contributed by atoms with Gasteiger partial charge in [0.25, 0.3) is 0 Å². The minimum absolute atomic E-state index is 0.287. The van der Waals surface area contributed by atoms with Crippen molar-refractivity contribution in [2.45, 2.75) is 29.6 Å². The molecule has 4 heteroatoms. The Morgan fingerprint density at radius 3 is 3.18 bits per heavy atom. The van der Waals surface area contributed by atoms with Crippen molar-refractivity contribution in [2.24, 2.45) is 5.92 Å². The van der Waals surface area contributed by atoms with Gasteiger partial charge in [0.1, 0.15) is 0 Å². The lowest BCUT2D eigenvalue weighted by Gasteiger charge is -2.16. The first-order valence-corrected chi connectivity index (χ1v) is 7.75. The van der Waals surface area contributed by atoms with E-state index >= 15 is 0 Å². The number of thioether (sulfide) groups is 2. The molecule has 2 rings (SSSR count). The van der Waals surface area contributed by atoms with Gasteiger partial charge in [0.2, 0.25) is 0 Å². The molecule has 0 amide bonds. The highest BCUT2D eigenvalue weighted by atomic mass is 32.2. The molecular weight excluding hydrogens is 252 g/mol. The molecule has 0 bridgehead atoms. The number of hydrogen-bond donors (Lipinski definition) is 1. The zero-order chi connectivity index (χ0) is 12.3. The van der Waals surface area contributed by atoms with Crippen LogP contribution in [0.25, 0.3) is 0 Å². The second-order valence-electron chi connectivity index (χ2n) is 4.27. The van der Waals surface area contributed by atoms with Crippen molar-refractivity contribution in [3.8, 4) is 0 Å². The van der Waals surface area contributed by atoms with Crippen LogP contribution in [-0.2, 0) is 11.2 Å². The van der Waals surface area contributed by atoms with Gasteiger partial charge in [0, 0.05) is 15.5 Å². The summed E-state index contributed by atoms with van der Waals surface area (Å²) in [5, 5.41) is 8.84. The van der Waals surface area contributed by atoms with Gasteiger partial charge >= 0.3 is 5.97 Å². The average Bonchev–Trinajstić information content (AvgIpc) is 2.35. The van der Waals surface area contributed by atoms with Crippen molar-refractivity contribution in [1.29, 1.82) is 0 Å². The van der Waals surface area contributed by atoms with E-state index in [2.05, 4.69) is 18.2 Å². The van der Waals surface area contributed by atoms with Crippen molar-refractivity contribution in [3.63, 3.8) is 0 Å². The quantitative estimate of drug-likeness (QED) is 0.848. The Bertz CT molecular complexity index is 418. The molecule has 17 heavy (non-hydrogen) atoms. The fraction of sp³-hybridized carbons (Fsp3) is 0.462. The van der Waals surface area contributed by atoms with Crippen molar-refractivity contribution in [1.82, 2.24) is 0 Å². The van der Waals surface area contributed by atoms with Crippen LogP contribution < -0.4 is 0 Å². The lowest BCUT2D eigenvalue weighted by Crippen LogP contribution is -2.11. The third-order valence-electron chi connectivity index (χ3n) is 2.80. The van der Waals surface area contributed by atoms with E-state index in [1.54, 1.807) is 18.7 Å². The van der Waals surface area contributed by atoms with E-state index in [0.29, 0.717) is 5.75 Å². The maximum atomic E-state index is 10.7. The van der Waals surface area contributed by atoms with Crippen LogP contribution in [0.15, 0.2) is 28.0 Å². The summed E-state index contributed by atoms with van der Waals surface area (Å²) in [6.07, 6.45) is 2.41. The maximum absolute atomic E-state index is 10.7. The second kappa shape index (κ2) is 5.83. The van der Waals surface area contributed by atoms with E-state index in [0.717, 1.165) is 6.42 Å². The molecule has 1 N–H and O–H groups in total. The number of aryl methyl sites for hydroxylation is 1. The van der Waals surface area contributed by atoms with Gasteiger partial charge in [-0.25, -0.2) is 0 Å². The summed E-state index contributed by atoms with van der Waals surface area (Å²) < 4.78 is 0. The first kappa shape index (κ1) is 12.8. The Morgan fingerprint density at radius 1 is 1.59 bits per heavy atom. The molecule has 1 aliphatic rings. The smallest absolute Gasteiger partial charge is 0.307 e. The zero-order valence-corrected chi connectivity index (χ0v) is 11.4. The Hall–Kier alpha value is -0.610. The molecule has 0 saturated heterocycles. The van der Waals surface area contributed by atoms with E-state index in [9.17, 15) is 4.79 Å². The van der Waals surface area contributed by atoms with E-state index in [-0.39, 0.29) is 5.92 Å². The van der Waals surface area contributed by atoms with Gasteiger partial charge in [-0.3, -0.25) is 4.79 Å². The standard InChI is InChI=1S/C13H16O2S2/c1-9(13(14)15)8-17-11-4-5-12-10(7-11)3-2-6-16-12/h4-5,7,9H,2-3,6,8H2,1H3,(H,14,15). The SMILES string of the molecule is CC(CSc1ccc2c(c1)CCCS2)C(=O)O. The molecule has 1 aliphatic heterocycles. The van der Waals surface area contributed by atoms with Crippen molar-refractivity contribution < 1.29 is 9.90 Å². The summed E-state index contributed by atoms with van der Waals surface area (Å²) in [6.45, 7) is 1.75. The minimum atomic E-state index is -0.717. The highest BCUT2D eigenvalue weighted by Gasteiger charge is 2.13. The van der Waals surface area contributed by atoms with Gasteiger partial charge < -0.3 is 5.11 Å². The molecular formula is C13H16O2S2. The van der Waals surface area contributed by atoms with Crippen LogP contribution in [0.2, 0.25) is 0 Å². The summed E-state index contributed by atoms with van der Waals surface area (Å²) in [6, 6.07) is 6.50. The Kier molecular flexibility index (Phi) is 4.40. The topological polar surface area (TPSA) is 37.3 Å². The molecule has 0 spiro atoms. The van der Waals surface area contributed by atoms with Crippen LogP contribution in [0.4, 0.5) is 0 Å². The summed E-state index contributed by atoms with van der Waals surface area (Å²) in [7, 11) is 0. The second-order valence-corrected chi connectivity index (χ2v) is 6.50. The predicted molar refractivity (Wildman–Crippen MR) is 73.0 cm³/mol. The normalized spacial score (nSPS) is 16.3. The van der Waals surface area contributed by atoms with Crippen LogP contribution >= 0.6 is 23.5 Å². The molecule has 1 heterocycles. The molecule has 1 aromatic carbocycles. The van der Waals surface area contributed by atoms with Crippen LogP contribution in [0.3, 0.4) is 0 Å². The molecule has 0 radical (unpaired) electrons. The van der Waals surface area contributed by atoms with Crippen LogP contribution in [0.1, 0.15) is 18.9 Å². The Labute approximate surface area is 110 Å². The number of fused-ring (bicyclic) bond motifs is 1. The van der Waals surface area contributed by atoms with Gasteiger partial charge in [-0.15, -0.1) is 23.5 Å². The summed E-state index contributed by atoms with van der Waals surface area (Å²) in [5.41, 5.74) is 1.43. The minimum Gasteiger partial charge on any atom is -0.481 e. The van der Waals surface area contributed by atoms with Crippen molar-refractivity contribution in [2.75, 3.05) is 11.5 Å². The number of carbonyl (C=O) groups is 1. The van der Waals surface area contributed by atoms with E-state index in [1.807, 2.05) is 11.8 Å². The summed E-state index contributed by atoms with van der Waals surface area (Å²) in [4.78, 5) is 13.3. The number of carboxylic acids is 1. The molecule has 1 aromatic rings. The molecule has 2 nitrogen and oxygen atoms in total. The lowest BCUT2D eigenvalue weighted by atomic mass is 10.1. The van der Waals surface area contributed by atoms with Crippen LogP contribution in [0, 0.1) is 5.92 Å². The van der Waals surface area contributed by atoms with E-state index in [1.165, 1.54) is 27.5 Å². The first-order valence-electron chi connectivity index (χ1n) is 5.78.